The molecule has 0 spiro atoms. The lowest BCUT2D eigenvalue weighted by Gasteiger charge is -2.15. The normalized spacial score (nSPS) is 12.0. The zero-order valence-electron chi connectivity index (χ0n) is 22.7. The number of rotatable bonds is 9. The predicted octanol–water partition coefficient (Wildman–Crippen LogP) is 6.28. The second-order valence-electron chi connectivity index (χ2n) is 10.00. The summed E-state index contributed by atoms with van der Waals surface area (Å²) in [5.41, 5.74) is 4.74. The van der Waals surface area contributed by atoms with Crippen LogP contribution in [0.4, 0.5) is 11.4 Å². The van der Waals surface area contributed by atoms with Gasteiger partial charge in [0.1, 0.15) is 5.75 Å². The minimum atomic E-state index is -0.429. The van der Waals surface area contributed by atoms with Crippen LogP contribution in [0.1, 0.15) is 33.6 Å². The number of hydrogen-bond acceptors (Lipinski definition) is 6. The number of anilines is 2. The smallest absolute Gasteiger partial charge is 0.299 e. The largest absolute Gasteiger partial charge is 0.453 e. The summed E-state index contributed by atoms with van der Waals surface area (Å²) in [6, 6.07) is 25.5. The Morgan fingerprint density at radius 1 is 0.952 bits per heavy atom. The van der Waals surface area contributed by atoms with Gasteiger partial charge in [-0.05, 0) is 91.1 Å². The number of halogens is 1. The first-order valence-corrected chi connectivity index (χ1v) is 14.1. The van der Waals surface area contributed by atoms with E-state index in [1.54, 1.807) is 54.7 Å². The van der Waals surface area contributed by atoms with E-state index in [0.717, 1.165) is 25.0 Å². The number of amides is 1. The molecule has 0 bridgehead atoms. The van der Waals surface area contributed by atoms with Gasteiger partial charge in [-0.25, -0.2) is 0 Å². The van der Waals surface area contributed by atoms with Crippen molar-refractivity contribution in [2.24, 2.45) is 0 Å². The summed E-state index contributed by atoms with van der Waals surface area (Å²) in [4.78, 5) is 31.0. The average Bonchev–Trinajstić information content (AvgIpc) is 3.48. The van der Waals surface area contributed by atoms with Gasteiger partial charge in [0.05, 0.1) is 11.9 Å². The number of nitrogens with one attached hydrogen (secondary N) is 2. The van der Waals surface area contributed by atoms with Gasteiger partial charge in [0, 0.05) is 41.1 Å². The average molecular weight is 578 g/mol. The van der Waals surface area contributed by atoms with E-state index in [-0.39, 0.29) is 17.3 Å². The van der Waals surface area contributed by atoms with Crippen LogP contribution in [0.2, 0.25) is 5.02 Å². The number of carbonyl (C=O) groups is 1. The Morgan fingerprint density at radius 2 is 1.83 bits per heavy atom. The number of aromatic nitrogens is 3. The molecule has 0 aliphatic heterocycles. The summed E-state index contributed by atoms with van der Waals surface area (Å²) >= 11 is 6.19. The number of pyridine rings is 1. The van der Waals surface area contributed by atoms with Gasteiger partial charge in [0.15, 0.2) is 11.4 Å². The van der Waals surface area contributed by atoms with Crippen molar-refractivity contribution in [2.45, 2.75) is 25.7 Å². The van der Waals surface area contributed by atoms with Gasteiger partial charge in [0.25, 0.3) is 11.5 Å². The van der Waals surface area contributed by atoms with Crippen LogP contribution in [0.25, 0.3) is 5.69 Å². The second kappa shape index (κ2) is 12.3. The summed E-state index contributed by atoms with van der Waals surface area (Å²) in [5, 5.41) is 11.0. The maximum absolute atomic E-state index is 13.8. The maximum atomic E-state index is 13.8. The lowest BCUT2D eigenvalue weighted by Crippen LogP contribution is -2.26. The molecular formula is C33H28ClN5O3. The first-order valence-electron chi connectivity index (χ1n) is 13.8. The quantitative estimate of drug-likeness (QED) is 0.214. The van der Waals surface area contributed by atoms with Gasteiger partial charge < -0.3 is 15.4 Å². The van der Waals surface area contributed by atoms with Crippen molar-refractivity contribution in [3.63, 3.8) is 0 Å². The molecule has 2 aromatic heterocycles. The molecular weight excluding hydrogens is 550 g/mol. The first-order chi connectivity index (χ1) is 20.5. The van der Waals surface area contributed by atoms with Crippen LogP contribution in [0.15, 0.2) is 102 Å². The van der Waals surface area contributed by atoms with Gasteiger partial charge in [-0.1, -0.05) is 35.9 Å². The van der Waals surface area contributed by atoms with Crippen LogP contribution in [0, 0.1) is 0 Å². The van der Waals surface area contributed by atoms with E-state index in [9.17, 15) is 9.59 Å². The first kappa shape index (κ1) is 27.2. The molecule has 2 heterocycles. The Labute approximate surface area is 248 Å². The van der Waals surface area contributed by atoms with E-state index >= 15 is 0 Å². The van der Waals surface area contributed by atoms with Crippen molar-refractivity contribution >= 4 is 28.9 Å². The van der Waals surface area contributed by atoms with Crippen molar-refractivity contribution in [2.75, 3.05) is 11.9 Å². The zero-order valence-corrected chi connectivity index (χ0v) is 23.5. The molecule has 0 unspecified atom stereocenters. The lowest BCUT2D eigenvalue weighted by molar-refractivity contribution is 0.0954. The molecule has 2 N–H and O–H groups in total. The molecule has 0 fully saturated rings. The van der Waals surface area contributed by atoms with Gasteiger partial charge in [-0.15, -0.1) is 0 Å². The third kappa shape index (κ3) is 6.19. The monoisotopic (exact) mass is 577 g/mol. The number of nitrogens with zero attached hydrogens (tertiary/aromatic N) is 3. The van der Waals surface area contributed by atoms with E-state index in [2.05, 4.69) is 26.8 Å². The topological polar surface area (TPSA) is 98.1 Å². The maximum Gasteiger partial charge on any atom is 0.299 e. The minimum Gasteiger partial charge on any atom is -0.453 e. The molecule has 0 atom stereocenters. The number of benzene rings is 3. The van der Waals surface area contributed by atoms with Gasteiger partial charge >= 0.3 is 0 Å². The molecule has 1 aliphatic carbocycles. The van der Waals surface area contributed by atoms with Crippen LogP contribution in [0.3, 0.4) is 0 Å². The Balaban J connectivity index is 1.28. The molecule has 0 saturated carbocycles. The van der Waals surface area contributed by atoms with Crippen molar-refractivity contribution in [3.8, 4) is 17.2 Å². The predicted molar refractivity (Wildman–Crippen MR) is 163 cm³/mol. The lowest BCUT2D eigenvalue weighted by atomic mass is 10.1. The third-order valence-electron chi connectivity index (χ3n) is 7.08. The molecule has 8 nitrogen and oxygen atoms in total. The number of aryl methyl sites for hydroxylation is 2. The van der Waals surface area contributed by atoms with E-state index in [1.165, 1.54) is 22.0 Å². The van der Waals surface area contributed by atoms with Crippen molar-refractivity contribution in [3.05, 3.63) is 135 Å². The molecule has 6 rings (SSSR count). The van der Waals surface area contributed by atoms with E-state index in [0.29, 0.717) is 40.7 Å². The highest BCUT2D eigenvalue weighted by atomic mass is 35.5. The highest BCUT2D eigenvalue weighted by Crippen LogP contribution is 2.32. The Morgan fingerprint density at radius 3 is 2.69 bits per heavy atom. The van der Waals surface area contributed by atoms with Crippen molar-refractivity contribution in [1.29, 1.82) is 0 Å². The fourth-order valence-electron chi connectivity index (χ4n) is 5.00. The van der Waals surface area contributed by atoms with Crippen LogP contribution in [-0.4, -0.2) is 27.2 Å². The molecule has 1 amide bonds. The Bertz CT molecular complexity index is 1810. The fourth-order valence-corrected chi connectivity index (χ4v) is 5.18. The van der Waals surface area contributed by atoms with E-state index in [1.807, 2.05) is 30.3 Å². The highest BCUT2D eigenvalue weighted by molar-refractivity contribution is 6.30. The highest BCUT2D eigenvalue weighted by Gasteiger charge is 2.18. The summed E-state index contributed by atoms with van der Waals surface area (Å²) < 4.78 is 7.49. The van der Waals surface area contributed by atoms with E-state index in [4.69, 9.17) is 16.3 Å². The summed E-state index contributed by atoms with van der Waals surface area (Å²) in [7, 11) is 0. The number of hydrogen-bond donors (Lipinski definition) is 2. The molecule has 0 saturated heterocycles. The fraction of sp³-hybridized carbons (Fsp3) is 0.152. The third-order valence-corrected chi connectivity index (χ3v) is 7.32. The molecule has 210 valence electrons. The molecule has 5 aromatic rings. The summed E-state index contributed by atoms with van der Waals surface area (Å²) in [5.74, 6) is 0.665. The van der Waals surface area contributed by atoms with Crippen LogP contribution < -0.4 is 20.9 Å². The summed E-state index contributed by atoms with van der Waals surface area (Å²) in [6.45, 7) is 0.445. The Kier molecular flexibility index (Phi) is 7.96. The van der Waals surface area contributed by atoms with Crippen LogP contribution >= 0.6 is 11.6 Å². The van der Waals surface area contributed by atoms with Crippen molar-refractivity contribution in [1.82, 2.24) is 20.1 Å². The van der Waals surface area contributed by atoms with Crippen LogP contribution in [0.5, 0.6) is 11.5 Å². The second-order valence-corrected chi connectivity index (χ2v) is 10.4. The molecule has 0 radical (unpaired) electrons. The van der Waals surface area contributed by atoms with Gasteiger partial charge in [-0.3, -0.25) is 14.6 Å². The SMILES string of the molecule is O=C(NCCc1ccccn1)c1cccc(Nc2c(Oc3ccc4c(c3)CCC4)cnn(-c3cccc(Cl)c3)c2=O)c1. The molecule has 9 heteroatoms. The van der Waals surface area contributed by atoms with E-state index < -0.39 is 5.56 Å². The number of ether oxygens (including phenoxy) is 1. The standard InChI is InChI=1S/C33H28ClN5O3/c34-25-9-5-12-28(20-25)39-33(41)31(30(21-37-39)42-29-14-13-22-6-3-7-23(22)19-29)38-27-11-4-8-24(18-27)32(40)36-17-15-26-10-1-2-16-35-26/h1-2,4-5,8-14,16,18-21,38H,3,6-7,15,17H2,(H,36,40). The zero-order chi connectivity index (χ0) is 28.9. The number of carbonyl (C=O) groups excluding carboxylic acids is 1. The van der Waals surface area contributed by atoms with Crippen molar-refractivity contribution < 1.29 is 9.53 Å². The summed E-state index contributed by atoms with van der Waals surface area (Å²) in [6.07, 6.45) is 7.04. The van der Waals surface area contributed by atoms with Gasteiger partial charge in [-0.2, -0.15) is 9.78 Å². The van der Waals surface area contributed by atoms with Gasteiger partial charge in [0.2, 0.25) is 0 Å². The molecule has 42 heavy (non-hydrogen) atoms. The number of fused-ring (bicyclic) bond motifs is 1. The Hall–Kier alpha value is -4.95. The minimum absolute atomic E-state index is 0.179. The van der Waals surface area contributed by atoms with Crippen LogP contribution in [-0.2, 0) is 19.3 Å². The molecule has 3 aromatic carbocycles. The molecule has 1 aliphatic rings.